The first-order valence-electron chi connectivity index (χ1n) is 13.1. The van der Waals surface area contributed by atoms with Crippen molar-refractivity contribution in [1.82, 2.24) is 4.57 Å². The van der Waals surface area contributed by atoms with E-state index < -0.39 is 0 Å². The number of nitrogens with zero attached hydrogens (tertiary/aromatic N) is 2. The Hall–Kier alpha value is -4.74. The fraction of sp³-hybridized carbons (Fsp3) is 0.0588. The van der Waals surface area contributed by atoms with Gasteiger partial charge in [-0.3, -0.25) is 9.79 Å². The first kappa shape index (κ1) is 22.3. The highest BCUT2D eigenvalue weighted by molar-refractivity contribution is 7.24. The molecule has 39 heavy (non-hydrogen) atoms. The molecular formula is C34H22N2O2S. The number of aromatic nitrogens is 1. The summed E-state index contributed by atoms with van der Waals surface area (Å²) in [6.07, 6.45) is 0. The van der Waals surface area contributed by atoms with Gasteiger partial charge in [0.05, 0.1) is 16.4 Å². The van der Waals surface area contributed by atoms with Gasteiger partial charge in [0.1, 0.15) is 11.2 Å². The van der Waals surface area contributed by atoms with E-state index in [0.29, 0.717) is 22.9 Å². The van der Waals surface area contributed by atoms with Crippen molar-refractivity contribution >= 4 is 75.3 Å². The largest absolute Gasteiger partial charge is 0.456 e. The van der Waals surface area contributed by atoms with Gasteiger partial charge < -0.3 is 8.98 Å². The van der Waals surface area contributed by atoms with Crippen LogP contribution >= 0.6 is 11.3 Å². The number of rotatable bonds is 2. The van der Waals surface area contributed by atoms with E-state index >= 15 is 0 Å². The molecular weight excluding hydrogens is 500 g/mol. The highest BCUT2D eigenvalue weighted by Gasteiger charge is 2.15. The van der Waals surface area contributed by atoms with E-state index in [9.17, 15) is 4.79 Å². The zero-order valence-corrected chi connectivity index (χ0v) is 22.0. The van der Waals surface area contributed by atoms with E-state index in [-0.39, 0.29) is 5.43 Å². The smallest absolute Gasteiger partial charge is 0.196 e. The summed E-state index contributed by atoms with van der Waals surface area (Å²) in [5, 5.41) is 6.61. The van der Waals surface area contributed by atoms with Crippen LogP contribution in [0.3, 0.4) is 0 Å². The molecule has 0 atom stereocenters. The van der Waals surface area contributed by atoms with Gasteiger partial charge in [-0.15, -0.1) is 11.3 Å². The van der Waals surface area contributed by atoms with E-state index in [1.54, 1.807) is 11.3 Å². The number of fused-ring (bicyclic) bond motifs is 7. The van der Waals surface area contributed by atoms with E-state index in [0.717, 1.165) is 47.8 Å². The molecule has 0 aliphatic carbocycles. The van der Waals surface area contributed by atoms with Crippen molar-refractivity contribution in [3.63, 3.8) is 0 Å². The summed E-state index contributed by atoms with van der Waals surface area (Å²) in [4.78, 5) is 18.8. The second kappa shape index (κ2) is 8.38. The average Bonchev–Trinajstić information content (AvgIpc) is 3.31. The first-order chi connectivity index (χ1) is 19.2. The monoisotopic (exact) mass is 522 g/mol. The van der Waals surface area contributed by atoms with Crippen molar-refractivity contribution in [2.75, 3.05) is 6.54 Å². The lowest BCUT2D eigenvalue weighted by molar-refractivity contribution is 0.660. The average molecular weight is 523 g/mol. The topological polar surface area (TPSA) is 47.5 Å². The van der Waals surface area contributed by atoms with Crippen molar-refractivity contribution < 1.29 is 4.42 Å². The molecule has 5 aromatic carbocycles. The highest BCUT2D eigenvalue weighted by atomic mass is 32.1. The summed E-state index contributed by atoms with van der Waals surface area (Å²) >= 11 is 1.63. The van der Waals surface area contributed by atoms with Gasteiger partial charge in [0, 0.05) is 53.9 Å². The van der Waals surface area contributed by atoms with Gasteiger partial charge in [-0.05, 0) is 61.5 Å². The minimum absolute atomic E-state index is 0.0145. The van der Waals surface area contributed by atoms with Crippen LogP contribution in [0.15, 0.2) is 117 Å². The third-order valence-electron chi connectivity index (χ3n) is 7.53. The predicted octanol–water partition coefficient (Wildman–Crippen LogP) is 8.33. The number of hydrogen-bond donors (Lipinski definition) is 0. The standard InChI is InChI=1S/C34H22N2O2S/c1-2-35-33-23-11-5-8-14-29(23)38-30-18-26-32(19-24(30)33)39-31-16-15-20(17-25(31)34(26)37)36-27-12-6-3-9-21(27)22-10-4-7-13-28(22)36/h3-19H,2H2,1H3/b35-33+. The molecule has 0 amide bonds. The Morgan fingerprint density at radius 2 is 1.33 bits per heavy atom. The van der Waals surface area contributed by atoms with Gasteiger partial charge in [0.15, 0.2) is 5.43 Å². The predicted molar refractivity (Wildman–Crippen MR) is 163 cm³/mol. The van der Waals surface area contributed by atoms with Gasteiger partial charge in [0.25, 0.3) is 0 Å². The molecule has 3 aromatic heterocycles. The third kappa shape index (κ3) is 3.23. The maximum Gasteiger partial charge on any atom is 0.196 e. The molecule has 3 heterocycles. The summed E-state index contributed by atoms with van der Waals surface area (Å²) in [6, 6.07) is 35.0. The van der Waals surface area contributed by atoms with Crippen LogP contribution < -0.4 is 10.8 Å². The fourth-order valence-corrected chi connectivity index (χ4v) is 6.90. The van der Waals surface area contributed by atoms with Crippen molar-refractivity contribution in [3.05, 3.63) is 119 Å². The van der Waals surface area contributed by atoms with Gasteiger partial charge in [-0.1, -0.05) is 48.5 Å². The molecule has 186 valence electrons. The van der Waals surface area contributed by atoms with Crippen LogP contribution in [0.2, 0.25) is 0 Å². The van der Waals surface area contributed by atoms with Crippen molar-refractivity contribution in [3.8, 4) is 5.69 Å². The van der Waals surface area contributed by atoms with Crippen LogP contribution in [0.5, 0.6) is 0 Å². The zero-order chi connectivity index (χ0) is 26.1. The molecule has 4 nitrogen and oxygen atoms in total. The maximum absolute atomic E-state index is 14.0. The van der Waals surface area contributed by atoms with Crippen LogP contribution in [0.4, 0.5) is 0 Å². The Morgan fingerprint density at radius 3 is 2.08 bits per heavy atom. The molecule has 0 saturated heterocycles. The van der Waals surface area contributed by atoms with E-state index in [1.807, 2.05) is 43.3 Å². The lowest BCUT2D eigenvalue weighted by Crippen LogP contribution is -2.07. The number of hydrogen-bond acceptors (Lipinski definition) is 4. The summed E-state index contributed by atoms with van der Waals surface area (Å²) in [5.41, 5.74) is 4.68. The molecule has 5 heteroatoms. The fourth-order valence-electron chi connectivity index (χ4n) is 5.82. The van der Waals surface area contributed by atoms with E-state index in [1.165, 1.54) is 10.8 Å². The van der Waals surface area contributed by atoms with Crippen LogP contribution in [-0.4, -0.2) is 11.1 Å². The summed E-state index contributed by atoms with van der Waals surface area (Å²) in [6.45, 7) is 2.70. The normalized spacial score (nSPS) is 12.6. The molecule has 8 rings (SSSR count). The molecule has 0 unspecified atom stereocenters. The van der Waals surface area contributed by atoms with E-state index in [2.05, 4.69) is 71.3 Å². The molecule has 0 fully saturated rings. The first-order valence-corrected chi connectivity index (χ1v) is 13.9. The summed E-state index contributed by atoms with van der Waals surface area (Å²) < 4.78 is 10.4. The summed E-state index contributed by atoms with van der Waals surface area (Å²) in [5.74, 6) is 0. The molecule has 0 saturated carbocycles. The number of benzene rings is 5. The van der Waals surface area contributed by atoms with Crippen molar-refractivity contribution in [2.24, 2.45) is 4.99 Å². The van der Waals surface area contributed by atoms with Gasteiger partial charge in [-0.25, -0.2) is 0 Å². The summed E-state index contributed by atoms with van der Waals surface area (Å²) in [7, 11) is 0. The van der Waals surface area contributed by atoms with Crippen LogP contribution in [0.25, 0.3) is 69.6 Å². The van der Waals surface area contributed by atoms with Crippen LogP contribution in [0, 0.1) is 0 Å². The van der Waals surface area contributed by atoms with Gasteiger partial charge >= 0.3 is 0 Å². The molecule has 0 aliphatic heterocycles. The Balaban J connectivity index is 1.44. The van der Waals surface area contributed by atoms with Crippen molar-refractivity contribution in [1.29, 1.82) is 0 Å². The zero-order valence-electron chi connectivity index (χ0n) is 21.1. The Morgan fingerprint density at radius 1 is 0.667 bits per heavy atom. The van der Waals surface area contributed by atoms with Gasteiger partial charge in [-0.2, -0.15) is 0 Å². The quantitative estimate of drug-likeness (QED) is 0.214. The Kier molecular flexibility index (Phi) is 4.78. The molecule has 0 aliphatic rings. The van der Waals surface area contributed by atoms with Gasteiger partial charge in [0.2, 0.25) is 0 Å². The van der Waals surface area contributed by atoms with Crippen molar-refractivity contribution in [2.45, 2.75) is 6.92 Å². The molecule has 0 radical (unpaired) electrons. The minimum Gasteiger partial charge on any atom is -0.456 e. The Bertz CT molecular complexity index is 2360. The molecule has 0 N–H and O–H groups in total. The second-order valence-electron chi connectivity index (χ2n) is 9.75. The maximum atomic E-state index is 14.0. The van der Waals surface area contributed by atoms with Crippen LogP contribution in [0.1, 0.15) is 6.92 Å². The SMILES string of the molecule is CC/N=c1\c2ccccc2oc2cc3c(=O)c4cc(-n5c6ccccc6c6ccccc65)ccc4sc3cc12. The molecule has 8 aromatic rings. The molecule has 0 bridgehead atoms. The third-order valence-corrected chi connectivity index (χ3v) is 8.66. The lowest BCUT2D eigenvalue weighted by Gasteiger charge is -2.10. The Labute approximate surface area is 226 Å². The second-order valence-corrected chi connectivity index (χ2v) is 10.8. The highest BCUT2D eigenvalue weighted by Crippen LogP contribution is 2.34. The molecule has 0 spiro atoms. The van der Waals surface area contributed by atoms with E-state index in [4.69, 9.17) is 9.41 Å². The number of para-hydroxylation sites is 3. The van der Waals surface area contributed by atoms with Crippen LogP contribution in [-0.2, 0) is 0 Å². The minimum atomic E-state index is 0.0145. The lowest BCUT2D eigenvalue weighted by atomic mass is 10.1.